The first-order chi connectivity index (χ1) is 6.59. The van der Waals surface area contributed by atoms with Gasteiger partial charge in [0.1, 0.15) is 0 Å². The summed E-state index contributed by atoms with van der Waals surface area (Å²) in [5, 5.41) is 7.46. The lowest BCUT2D eigenvalue weighted by Crippen LogP contribution is -2.22. The van der Waals surface area contributed by atoms with Crippen molar-refractivity contribution in [2.45, 2.75) is 13.8 Å². The Balaban J connectivity index is 2.89. The molecule has 0 bridgehead atoms. The predicted octanol–water partition coefficient (Wildman–Crippen LogP) is 0.992. The van der Waals surface area contributed by atoms with Crippen LogP contribution in [-0.2, 0) is 0 Å². The molecule has 0 radical (unpaired) electrons. The van der Waals surface area contributed by atoms with Crippen molar-refractivity contribution in [2.75, 3.05) is 0 Å². The summed E-state index contributed by atoms with van der Waals surface area (Å²) < 4.78 is 0. The van der Waals surface area contributed by atoms with Gasteiger partial charge in [-0.2, -0.15) is 5.10 Å². The van der Waals surface area contributed by atoms with Crippen molar-refractivity contribution in [3.63, 3.8) is 0 Å². The number of rotatable bonds is 2. The normalized spacial score (nSPS) is 11.1. The number of nitrogens with zero attached hydrogens (tertiary/aromatic N) is 2. The molecule has 0 unspecified atom stereocenters. The van der Waals surface area contributed by atoms with Crippen molar-refractivity contribution >= 4 is 11.7 Å². The third kappa shape index (κ3) is 2.90. The largest absolute Gasteiger partial charge is 0.369 e. The van der Waals surface area contributed by atoms with Crippen molar-refractivity contribution in [2.24, 2.45) is 21.7 Å². The van der Waals surface area contributed by atoms with Crippen LogP contribution in [0.15, 0.2) is 34.5 Å². The molecule has 0 amide bonds. The Morgan fingerprint density at radius 1 is 1.07 bits per heavy atom. The molecule has 4 nitrogen and oxygen atoms in total. The van der Waals surface area contributed by atoms with Gasteiger partial charge in [0, 0.05) is 0 Å². The second kappa shape index (κ2) is 4.41. The van der Waals surface area contributed by atoms with Gasteiger partial charge in [0.05, 0.1) is 5.71 Å². The first-order valence-corrected chi connectivity index (χ1v) is 4.30. The first-order valence-electron chi connectivity index (χ1n) is 4.30. The van der Waals surface area contributed by atoms with Crippen molar-refractivity contribution in [1.29, 1.82) is 0 Å². The molecule has 0 atom stereocenters. The van der Waals surface area contributed by atoms with E-state index in [1.54, 1.807) is 0 Å². The SMILES string of the molecule is C/C(=N/N=C(N)N)c1ccc(C)cc1. The molecular weight excluding hydrogens is 176 g/mol. The van der Waals surface area contributed by atoms with E-state index in [0.717, 1.165) is 11.3 Å². The zero-order valence-corrected chi connectivity index (χ0v) is 8.36. The number of guanidine groups is 1. The Bertz CT molecular complexity index is 358. The number of nitrogens with two attached hydrogens (primary N) is 2. The van der Waals surface area contributed by atoms with E-state index in [1.807, 2.05) is 38.1 Å². The number of benzene rings is 1. The highest BCUT2D eigenvalue weighted by molar-refractivity contribution is 5.98. The van der Waals surface area contributed by atoms with Crippen LogP contribution in [0.25, 0.3) is 0 Å². The molecule has 0 spiro atoms. The van der Waals surface area contributed by atoms with Crippen molar-refractivity contribution in [1.82, 2.24) is 0 Å². The standard InChI is InChI=1S/C10H14N4/c1-7-3-5-9(6-4-7)8(2)13-14-10(11)12/h3-6H,1-2H3,(H4,11,12,14)/b13-8-. The lowest BCUT2D eigenvalue weighted by atomic mass is 10.1. The van der Waals surface area contributed by atoms with Crippen LogP contribution in [0.5, 0.6) is 0 Å². The minimum Gasteiger partial charge on any atom is -0.369 e. The number of aryl methyl sites for hydroxylation is 1. The Morgan fingerprint density at radius 2 is 1.64 bits per heavy atom. The molecule has 0 saturated heterocycles. The van der Waals surface area contributed by atoms with Gasteiger partial charge in [0.2, 0.25) is 5.96 Å². The average molecular weight is 190 g/mol. The Labute approximate surface area is 83.3 Å². The van der Waals surface area contributed by atoms with Crippen LogP contribution < -0.4 is 11.5 Å². The van der Waals surface area contributed by atoms with Crippen molar-refractivity contribution < 1.29 is 0 Å². The second-order valence-electron chi connectivity index (χ2n) is 3.08. The Hall–Kier alpha value is -1.84. The maximum Gasteiger partial charge on any atom is 0.211 e. The molecule has 1 aromatic carbocycles. The quantitative estimate of drug-likeness (QED) is 0.414. The summed E-state index contributed by atoms with van der Waals surface area (Å²) >= 11 is 0. The highest BCUT2D eigenvalue weighted by Gasteiger charge is 1.95. The summed E-state index contributed by atoms with van der Waals surface area (Å²) in [5.41, 5.74) is 13.3. The zero-order valence-electron chi connectivity index (χ0n) is 8.36. The zero-order chi connectivity index (χ0) is 10.6. The minimum atomic E-state index is -0.0311. The molecule has 0 aliphatic heterocycles. The topological polar surface area (TPSA) is 76.8 Å². The van der Waals surface area contributed by atoms with Gasteiger partial charge in [-0.1, -0.05) is 29.8 Å². The smallest absolute Gasteiger partial charge is 0.211 e. The molecule has 0 fully saturated rings. The van der Waals surface area contributed by atoms with Crippen LogP contribution >= 0.6 is 0 Å². The molecule has 0 heterocycles. The molecule has 74 valence electrons. The molecule has 0 aliphatic rings. The number of hydrogen-bond acceptors (Lipinski definition) is 2. The lowest BCUT2D eigenvalue weighted by molar-refractivity contribution is 1.19. The summed E-state index contributed by atoms with van der Waals surface area (Å²) in [4.78, 5) is 0. The van der Waals surface area contributed by atoms with Gasteiger partial charge in [-0.05, 0) is 19.4 Å². The van der Waals surface area contributed by atoms with Gasteiger partial charge in [-0.3, -0.25) is 0 Å². The maximum absolute atomic E-state index is 5.16. The van der Waals surface area contributed by atoms with Crippen LogP contribution in [0.2, 0.25) is 0 Å². The Kier molecular flexibility index (Phi) is 3.23. The van der Waals surface area contributed by atoms with Gasteiger partial charge in [-0.15, -0.1) is 5.10 Å². The molecule has 0 aromatic heterocycles. The highest BCUT2D eigenvalue weighted by Crippen LogP contribution is 2.04. The van der Waals surface area contributed by atoms with Crippen LogP contribution in [0, 0.1) is 6.92 Å². The highest BCUT2D eigenvalue weighted by atomic mass is 15.3. The van der Waals surface area contributed by atoms with Gasteiger partial charge in [0.25, 0.3) is 0 Å². The van der Waals surface area contributed by atoms with E-state index in [2.05, 4.69) is 10.2 Å². The van der Waals surface area contributed by atoms with Gasteiger partial charge in [0.15, 0.2) is 0 Å². The molecule has 1 rings (SSSR count). The molecule has 0 saturated carbocycles. The molecule has 1 aromatic rings. The molecule has 4 N–H and O–H groups in total. The molecule has 0 aliphatic carbocycles. The summed E-state index contributed by atoms with van der Waals surface area (Å²) in [6.45, 7) is 3.89. The van der Waals surface area contributed by atoms with E-state index in [0.29, 0.717) is 0 Å². The van der Waals surface area contributed by atoms with Crippen molar-refractivity contribution in [3.8, 4) is 0 Å². The summed E-state index contributed by atoms with van der Waals surface area (Å²) in [5.74, 6) is -0.0311. The molecule has 14 heavy (non-hydrogen) atoms. The van der Waals surface area contributed by atoms with Gasteiger partial charge < -0.3 is 11.5 Å². The Morgan fingerprint density at radius 3 is 2.14 bits per heavy atom. The predicted molar refractivity (Wildman–Crippen MR) is 59.2 cm³/mol. The van der Waals surface area contributed by atoms with E-state index >= 15 is 0 Å². The van der Waals surface area contributed by atoms with Crippen LogP contribution in [0.3, 0.4) is 0 Å². The second-order valence-corrected chi connectivity index (χ2v) is 3.08. The fraction of sp³-hybridized carbons (Fsp3) is 0.200. The van der Waals surface area contributed by atoms with E-state index in [4.69, 9.17) is 11.5 Å². The molecule has 4 heteroatoms. The van der Waals surface area contributed by atoms with Crippen LogP contribution in [0.4, 0.5) is 0 Å². The number of hydrogen-bond donors (Lipinski definition) is 2. The fourth-order valence-electron chi connectivity index (χ4n) is 0.985. The summed E-state index contributed by atoms with van der Waals surface area (Å²) in [6.07, 6.45) is 0. The first kappa shape index (κ1) is 10.2. The minimum absolute atomic E-state index is 0.0311. The third-order valence-electron chi connectivity index (χ3n) is 1.78. The van der Waals surface area contributed by atoms with Crippen molar-refractivity contribution in [3.05, 3.63) is 35.4 Å². The average Bonchev–Trinajstić information content (AvgIpc) is 2.15. The maximum atomic E-state index is 5.16. The fourth-order valence-corrected chi connectivity index (χ4v) is 0.985. The summed E-state index contributed by atoms with van der Waals surface area (Å²) in [7, 11) is 0. The van der Waals surface area contributed by atoms with E-state index < -0.39 is 0 Å². The van der Waals surface area contributed by atoms with E-state index in [-0.39, 0.29) is 5.96 Å². The van der Waals surface area contributed by atoms with Crippen LogP contribution in [-0.4, -0.2) is 11.7 Å². The monoisotopic (exact) mass is 190 g/mol. The lowest BCUT2D eigenvalue weighted by Gasteiger charge is -1.98. The van der Waals surface area contributed by atoms with Crippen LogP contribution in [0.1, 0.15) is 18.1 Å². The van der Waals surface area contributed by atoms with E-state index in [1.165, 1.54) is 5.56 Å². The molecular formula is C10H14N4. The van der Waals surface area contributed by atoms with E-state index in [9.17, 15) is 0 Å². The van der Waals surface area contributed by atoms with Gasteiger partial charge in [-0.25, -0.2) is 0 Å². The van der Waals surface area contributed by atoms with Gasteiger partial charge >= 0.3 is 0 Å². The third-order valence-corrected chi connectivity index (χ3v) is 1.78. The summed E-state index contributed by atoms with van der Waals surface area (Å²) in [6, 6.07) is 8.00.